The van der Waals surface area contributed by atoms with Gasteiger partial charge in [0.25, 0.3) is 0 Å². The van der Waals surface area contributed by atoms with E-state index < -0.39 is 6.17 Å². The fourth-order valence-corrected chi connectivity index (χ4v) is 2.77. The van der Waals surface area contributed by atoms with Gasteiger partial charge in [-0.3, -0.25) is 4.90 Å². The van der Waals surface area contributed by atoms with E-state index in [-0.39, 0.29) is 37.5 Å². The maximum atomic E-state index is 13.3. The van der Waals surface area contributed by atoms with E-state index in [1.54, 1.807) is 0 Å². The molecule has 2 aliphatic heterocycles. The first-order valence-electron chi connectivity index (χ1n) is 5.63. The molecular weight excluding hydrogens is 296 g/mol. The van der Waals surface area contributed by atoms with Crippen molar-refractivity contribution in [1.29, 1.82) is 0 Å². The van der Waals surface area contributed by atoms with Crippen molar-refractivity contribution in [3.8, 4) is 0 Å². The van der Waals surface area contributed by atoms with E-state index in [1.807, 2.05) is 13.8 Å². The van der Waals surface area contributed by atoms with Crippen LogP contribution in [0.3, 0.4) is 0 Å². The van der Waals surface area contributed by atoms with Crippen LogP contribution in [0.15, 0.2) is 0 Å². The number of ether oxygens (including phenoxy) is 1. The summed E-state index contributed by atoms with van der Waals surface area (Å²) in [6, 6.07) is 0. The molecular formula is C11H20FInNO. The Bertz CT molecular complexity index is 215. The fourth-order valence-electron chi connectivity index (χ4n) is 2.77. The average Bonchev–Trinajstić information content (AvgIpc) is 2.56. The molecule has 3 radical (unpaired) electrons. The van der Waals surface area contributed by atoms with Gasteiger partial charge in [-0.25, -0.2) is 4.39 Å². The molecule has 0 aromatic rings. The number of rotatable bonds is 3. The second kappa shape index (κ2) is 5.37. The molecule has 2 nitrogen and oxygen atoms in total. The van der Waals surface area contributed by atoms with Crippen LogP contribution in [0.1, 0.15) is 33.1 Å². The largest absolute Gasteiger partial charge is 0.377 e. The molecule has 0 aromatic heterocycles. The van der Waals surface area contributed by atoms with Crippen LogP contribution in [0.5, 0.6) is 0 Å². The Kier molecular flexibility index (Phi) is 4.93. The summed E-state index contributed by atoms with van der Waals surface area (Å²) in [5.74, 6) is 0. The van der Waals surface area contributed by atoms with Crippen molar-refractivity contribution in [1.82, 2.24) is 4.90 Å². The second-order valence-corrected chi connectivity index (χ2v) is 4.94. The van der Waals surface area contributed by atoms with Gasteiger partial charge in [0.2, 0.25) is 0 Å². The first-order valence-corrected chi connectivity index (χ1v) is 5.63. The number of nitrogens with zero attached hydrogens (tertiary/aromatic N) is 1. The van der Waals surface area contributed by atoms with Gasteiger partial charge in [-0.15, -0.1) is 0 Å². The Labute approximate surface area is 110 Å². The van der Waals surface area contributed by atoms with Gasteiger partial charge >= 0.3 is 0 Å². The standard InChI is InChI=1S/C11H20FNO.In/c1-9(2)14-8-11-4-3-5-13(11)7-10(12)6-11;/h9-10H,3-8H2,1-2H3;. The Morgan fingerprint density at radius 3 is 2.93 bits per heavy atom. The Hall–Kier alpha value is 0.720. The zero-order chi connectivity index (χ0) is 10.2. The first-order chi connectivity index (χ1) is 6.62. The van der Waals surface area contributed by atoms with Gasteiger partial charge in [0.15, 0.2) is 0 Å². The molecule has 0 bridgehead atoms. The van der Waals surface area contributed by atoms with Gasteiger partial charge in [-0.2, -0.15) is 0 Å². The number of fused-ring (bicyclic) bond motifs is 1. The third kappa shape index (κ3) is 2.89. The summed E-state index contributed by atoms with van der Waals surface area (Å²) < 4.78 is 19.0. The Morgan fingerprint density at radius 1 is 1.53 bits per heavy atom. The minimum Gasteiger partial charge on any atom is -0.377 e. The van der Waals surface area contributed by atoms with Crippen molar-refractivity contribution >= 4 is 25.8 Å². The van der Waals surface area contributed by atoms with Gasteiger partial charge in [0, 0.05) is 44.3 Å². The van der Waals surface area contributed by atoms with E-state index in [0.717, 1.165) is 13.0 Å². The van der Waals surface area contributed by atoms with Crippen LogP contribution in [-0.2, 0) is 4.74 Å². The first kappa shape index (κ1) is 13.8. The molecule has 2 rings (SSSR count). The van der Waals surface area contributed by atoms with Gasteiger partial charge in [0.05, 0.1) is 12.7 Å². The predicted molar refractivity (Wildman–Crippen MR) is 59.9 cm³/mol. The van der Waals surface area contributed by atoms with Crippen LogP contribution < -0.4 is 0 Å². The molecule has 0 aromatic carbocycles. The molecule has 0 N–H and O–H groups in total. The average molecular weight is 316 g/mol. The van der Waals surface area contributed by atoms with Crippen molar-refractivity contribution in [2.45, 2.75) is 50.9 Å². The maximum Gasteiger partial charge on any atom is 0.115 e. The topological polar surface area (TPSA) is 12.5 Å². The Balaban J connectivity index is 0.00000112. The van der Waals surface area contributed by atoms with Crippen LogP contribution in [0, 0.1) is 0 Å². The minimum atomic E-state index is -0.633. The monoisotopic (exact) mass is 316 g/mol. The number of alkyl halides is 1. The normalized spacial score (nSPS) is 35.6. The van der Waals surface area contributed by atoms with Crippen LogP contribution in [0.25, 0.3) is 0 Å². The quantitative estimate of drug-likeness (QED) is 0.784. The van der Waals surface area contributed by atoms with Crippen LogP contribution in [0.4, 0.5) is 4.39 Å². The molecule has 2 aliphatic rings. The van der Waals surface area contributed by atoms with E-state index in [9.17, 15) is 4.39 Å². The molecule has 4 heteroatoms. The van der Waals surface area contributed by atoms with E-state index >= 15 is 0 Å². The molecule has 0 saturated carbocycles. The minimum absolute atomic E-state index is 0. The molecule has 2 atom stereocenters. The zero-order valence-corrected chi connectivity index (χ0v) is 13.0. The summed E-state index contributed by atoms with van der Waals surface area (Å²) in [5.41, 5.74) is 0.0453. The third-order valence-corrected chi connectivity index (χ3v) is 3.45. The Morgan fingerprint density at radius 2 is 2.27 bits per heavy atom. The number of hydrogen-bond acceptors (Lipinski definition) is 2. The van der Waals surface area contributed by atoms with Crippen LogP contribution >= 0.6 is 0 Å². The molecule has 0 aliphatic carbocycles. The SMILES string of the molecule is CC(C)OCC12CCCN1CC(F)C2.[In]. The van der Waals surface area contributed by atoms with Gasteiger partial charge < -0.3 is 4.74 Å². The van der Waals surface area contributed by atoms with E-state index in [4.69, 9.17) is 4.74 Å². The van der Waals surface area contributed by atoms with E-state index in [2.05, 4.69) is 4.90 Å². The summed E-state index contributed by atoms with van der Waals surface area (Å²) >= 11 is 0. The summed E-state index contributed by atoms with van der Waals surface area (Å²) in [4.78, 5) is 2.29. The number of halogens is 1. The summed E-state index contributed by atoms with van der Waals surface area (Å²) in [6.07, 6.45) is 2.62. The smallest absolute Gasteiger partial charge is 0.115 e. The van der Waals surface area contributed by atoms with Gasteiger partial charge in [-0.05, 0) is 33.2 Å². The van der Waals surface area contributed by atoms with E-state index in [1.165, 1.54) is 6.42 Å². The number of hydrogen-bond donors (Lipinski definition) is 0. The van der Waals surface area contributed by atoms with E-state index in [0.29, 0.717) is 19.6 Å². The van der Waals surface area contributed by atoms with Crippen molar-refractivity contribution in [3.05, 3.63) is 0 Å². The molecule has 2 fully saturated rings. The van der Waals surface area contributed by atoms with Crippen molar-refractivity contribution in [3.63, 3.8) is 0 Å². The summed E-state index contributed by atoms with van der Waals surface area (Å²) in [5, 5.41) is 0. The molecule has 0 amide bonds. The van der Waals surface area contributed by atoms with Gasteiger partial charge in [0.1, 0.15) is 6.17 Å². The summed E-state index contributed by atoms with van der Waals surface area (Å²) in [7, 11) is 0. The van der Waals surface area contributed by atoms with Crippen molar-refractivity contribution in [2.24, 2.45) is 0 Å². The molecule has 2 heterocycles. The molecule has 85 valence electrons. The van der Waals surface area contributed by atoms with Crippen molar-refractivity contribution in [2.75, 3.05) is 19.7 Å². The van der Waals surface area contributed by atoms with Gasteiger partial charge in [-0.1, -0.05) is 0 Å². The third-order valence-electron chi connectivity index (χ3n) is 3.45. The second-order valence-electron chi connectivity index (χ2n) is 4.94. The predicted octanol–water partition coefficient (Wildman–Crippen LogP) is 1.61. The molecule has 2 unspecified atom stereocenters. The molecule has 15 heavy (non-hydrogen) atoms. The molecule has 0 spiro atoms. The fraction of sp³-hybridized carbons (Fsp3) is 1.00. The van der Waals surface area contributed by atoms with Crippen LogP contribution in [-0.4, -0.2) is 68.3 Å². The molecule has 2 saturated heterocycles. The van der Waals surface area contributed by atoms with Crippen molar-refractivity contribution < 1.29 is 9.13 Å². The van der Waals surface area contributed by atoms with Crippen LogP contribution in [0.2, 0.25) is 0 Å². The maximum absolute atomic E-state index is 13.3. The summed E-state index contributed by atoms with van der Waals surface area (Å²) in [6.45, 7) is 6.48. The zero-order valence-electron chi connectivity index (χ0n) is 9.71.